The summed E-state index contributed by atoms with van der Waals surface area (Å²) in [5.41, 5.74) is 7.64. The average molecular weight is 739 g/mol. The number of fused-ring (bicyclic) bond motifs is 4. The zero-order chi connectivity index (χ0) is 34.9. The highest BCUT2D eigenvalue weighted by Crippen LogP contribution is 2.54. The van der Waals surface area contributed by atoms with Crippen molar-refractivity contribution in [2.24, 2.45) is 5.73 Å². The third-order valence-electron chi connectivity index (χ3n) is 9.50. The van der Waals surface area contributed by atoms with Gasteiger partial charge in [0.05, 0.1) is 25.2 Å². The van der Waals surface area contributed by atoms with E-state index in [0.717, 1.165) is 42.3 Å². The van der Waals surface area contributed by atoms with Gasteiger partial charge >= 0.3 is 15.2 Å². The van der Waals surface area contributed by atoms with E-state index in [2.05, 4.69) is 19.9 Å². The Morgan fingerprint density at radius 1 is 0.920 bits per heavy atom. The maximum absolute atomic E-state index is 16.5. The molecule has 21 heteroatoms. The highest BCUT2D eigenvalue weighted by atomic mass is 31.2. The number of rotatable bonds is 4. The number of alkyl halides is 1. The summed E-state index contributed by atoms with van der Waals surface area (Å²) >= 11 is 0. The number of aliphatic hydroxyl groups is 1. The van der Waals surface area contributed by atoms with E-state index >= 15 is 4.39 Å². The van der Waals surface area contributed by atoms with Crippen molar-refractivity contribution in [3.8, 4) is 0 Å². The SMILES string of the molecule is CP1(=O)OC[C@H]2O[C@@H](n3cc4c5c(ncnc53)CCCC4)[C@H](F)[C@@H]2OP(C)(=O)OC[C@H]2O[C@@H](n3cnc4c(=O)n(CCN)cnc43)[C@H](O1)[C@@H]2O. The molecule has 2 unspecified atom stereocenters. The fourth-order valence-electron chi connectivity index (χ4n) is 7.13. The quantitative estimate of drug-likeness (QED) is 0.285. The monoisotopic (exact) mass is 738 g/mol. The first kappa shape index (κ1) is 34.1. The average Bonchev–Trinajstić information content (AvgIpc) is 3.78. The van der Waals surface area contributed by atoms with Gasteiger partial charge in [0.1, 0.15) is 48.8 Å². The van der Waals surface area contributed by atoms with Crippen LogP contribution in [0.3, 0.4) is 0 Å². The normalized spacial score (nSPS) is 36.5. The number of nitrogens with two attached hydrogens (primary N) is 1. The van der Waals surface area contributed by atoms with E-state index in [1.54, 1.807) is 10.8 Å². The summed E-state index contributed by atoms with van der Waals surface area (Å²) in [6.45, 7) is 1.83. The topological polar surface area (TPSA) is 219 Å². The molecule has 10 atom stereocenters. The number of ether oxygens (including phenoxy) is 2. The molecule has 4 aliphatic rings. The molecule has 4 aromatic rings. The number of hydrogen-bond acceptors (Lipinski definition) is 15. The van der Waals surface area contributed by atoms with Gasteiger partial charge in [0, 0.05) is 38.0 Å². The van der Waals surface area contributed by atoms with E-state index in [-0.39, 0.29) is 24.3 Å². The predicted molar refractivity (Wildman–Crippen MR) is 172 cm³/mol. The molecule has 0 saturated carbocycles. The van der Waals surface area contributed by atoms with Crippen molar-refractivity contribution in [2.75, 3.05) is 33.1 Å². The molecule has 8 rings (SSSR count). The summed E-state index contributed by atoms with van der Waals surface area (Å²) in [5.74, 6) is 0. The minimum absolute atomic E-state index is 0.0106. The first-order valence-electron chi connectivity index (χ1n) is 16.3. The first-order chi connectivity index (χ1) is 23.9. The molecule has 7 heterocycles. The van der Waals surface area contributed by atoms with Crippen LogP contribution < -0.4 is 11.3 Å². The summed E-state index contributed by atoms with van der Waals surface area (Å²) < 4.78 is 83.8. The maximum atomic E-state index is 16.5. The van der Waals surface area contributed by atoms with Gasteiger partial charge in [-0.1, -0.05) is 0 Å². The van der Waals surface area contributed by atoms with Crippen LogP contribution in [0.25, 0.3) is 22.2 Å². The van der Waals surface area contributed by atoms with Gasteiger partial charge in [0.2, 0.25) is 0 Å². The lowest BCUT2D eigenvalue weighted by molar-refractivity contribution is -0.0586. The van der Waals surface area contributed by atoms with Crippen LogP contribution >= 0.6 is 15.2 Å². The van der Waals surface area contributed by atoms with Crippen LogP contribution in [0, 0.1) is 0 Å². The number of aliphatic hydroxyl groups excluding tert-OH is 1. The van der Waals surface area contributed by atoms with Crippen molar-refractivity contribution in [1.29, 1.82) is 0 Å². The molecule has 270 valence electrons. The number of nitrogens with zero attached hydrogens (tertiary/aromatic N) is 7. The second kappa shape index (κ2) is 12.9. The van der Waals surface area contributed by atoms with Gasteiger partial charge < -0.3 is 33.9 Å². The Labute approximate surface area is 284 Å². The Morgan fingerprint density at radius 3 is 2.42 bits per heavy atom. The minimum atomic E-state index is -4.07. The Balaban J connectivity index is 1.10. The van der Waals surface area contributed by atoms with E-state index in [4.69, 9.17) is 33.3 Å². The smallest absolute Gasteiger partial charge is 0.328 e. The number of halogens is 1. The van der Waals surface area contributed by atoms with E-state index in [1.807, 2.05) is 0 Å². The zero-order valence-electron chi connectivity index (χ0n) is 27.2. The maximum Gasteiger partial charge on any atom is 0.328 e. The van der Waals surface area contributed by atoms with E-state index < -0.39 is 83.1 Å². The largest absolute Gasteiger partial charge is 0.387 e. The fourth-order valence-corrected chi connectivity index (χ4v) is 9.46. The van der Waals surface area contributed by atoms with Crippen LogP contribution in [0.4, 0.5) is 4.39 Å². The molecule has 3 fully saturated rings. The molecular weight excluding hydrogens is 701 g/mol. The predicted octanol–water partition coefficient (Wildman–Crippen LogP) is 1.83. The summed E-state index contributed by atoms with van der Waals surface area (Å²) in [4.78, 5) is 30.4. The van der Waals surface area contributed by atoms with Crippen LogP contribution in [-0.2, 0) is 56.1 Å². The molecular formula is C29H37FN8O10P2. The molecule has 0 amide bonds. The molecule has 0 radical (unpaired) electrons. The lowest BCUT2D eigenvalue weighted by atomic mass is 10.1. The van der Waals surface area contributed by atoms with Crippen molar-refractivity contribution in [2.45, 2.75) is 81.4 Å². The van der Waals surface area contributed by atoms with Gasteiger partial charge in [0.25, 0.3) is 5.56 Å². The molecule has 0 spiro atoms. The molecule has 3 N–H and O–H groups in total. The Hall–Kier alpha value is -2.96. The zero-order valence-corrected chi connectivity index (χ0v) is 29.0. The van der Waals surface area contributed by atoms with Crippen molar-refractivity contribution < 1.29 is 46.2 Å². The standard InChI is InChI=1S/C29H37FN8O10P2/c1-49(41)43-10-17-22(39)24(29(45-17)38-14-34-21-26(38)35-13-36(8-7-31)27(21)40)48-50(2,42)44-11-18-23(47-49)20(30)28(46-18)37-9-15-5-3-4-6-16-19(15)25(37)33-12-32-16/h9,12-14,17-18,20,22-24,28-29,39H,3-8,10-11,31H2,1-2H3/t17-,18-,20-,22-,23-,24-,28-,29-,49?,50?/m1/s1. The van der Waals surface area contributed by atoms with Crippen LogP contribution in [-0.4, -0.2) is 109 Å². The summed E-state index contributed by atoms with van der Waals surface area (Å²) in [7, 11) is -8.12. The second-order valence-corrected chi connectivity index (χ2v) is 17.0. The Kier molecular flexibility index (Phi) is 8.82. The lowest BCUT2D eigenvalue weighted by Crippen LogP contribution is -2.35. The van der Waals surface area contributed by atoms with E-state index in [9.17, 15) is 19.0 Å². The number of aryl methyl sites for hydroxylation is 2. The molecule has 3 aliphatic heterocycles. The second-order valence-electron chi connectivity index (χ2n) is 13.0. The molecule has 0 aromatic carbocycles. The van der Waals surface area contributed by atoms with Crippen LogP contribution in [0.2, 0.25) is 0 Å². The fraction of sp³-hybridized carbons (Fsp3) is 0.621. The van der Waals surface area contributed by atoms with Crippen LogP contribution in [0.5, 0.6) is 0 Å². The van der Waals surface area contributed by atoms with Crippen molar-refractivity contribution in [3.63, 3.8) is 0 Å². The molecule has 3 saturated heterocycles. The summed E-state index contributed by atoms with van der Waals surface area (Å²) in [6, 6.07) is 0. The third kappa shape index (κ3) is 5.96. The lowest BCUT2D eigenvalue weighted by Gasteiger charge is -2.27. The first-order valence-corrected chi connectivity index (χ1v) is 20.3. The number of aromatic nitrogens is 7. The molecule has 18 nitrogen and oxygen atoms in total. The Morgan fingerprint density at radius 2 is 1.64 bits per heavy atom. The van der Waals surface area contributed by atoms with Crippen molar-refractivity contribution in [3.05, 3.63) is 46.8 Å². The summed E-state index contributed by atoms with van der Waals surface area (Å²) in [6.07, 6.45) is -1.76. The minimum Gasteiger partial charge on any atom is -0.387 e. The van der Waals surface area contributed by atoms with E-state index in [1.165, 1.54) is 41.4 Å². The van der Waals surface area contributed by atoms with Crippen molar-refractivity contribution >= 4 is 37.4 Å². The number of hydrogen-bond donors (Lipinski definition) is 2. The van der Waals surface area contributed by atoms with E-state index in [0.29, 0.717) is 5.65 Å². The van der Waals surface area contributed by atoms with Gasteiger partial charge in [0.15, 0.2) is 29.8 Å². The highest BCUT2D eigenvalue weighted by molar-refractivity contribution is 7.53. The van der Waals surface area contributed by atoms with Gasteiger partial charge in [-0.05, 0) is 31.2 Å². The molecule has 50 heavy (non-hydrogen) atoms. The van der Waals surface area contributed by atoms with Crippen molar-refractivity contribution in [1.82, 2.24) is 33.6 Å². The number of imidazole rings is 1. The van der Waals surface area contributed by atoms with Gasteiger partial charge in [-0.3, -0.25) is 32.1 Å². The van der Waals surface area contributed by atoms with Gasteiger partial charge in [-0.25, -0.2) is 24.3 Å². The van der Waals surface area contributed by atoms with Gasteiger partial charge in [-0.2, -0.15) is 0 Å². The molecule has 4 aromatic heterocycles. The van der Waals surface area contributed by atoms with Crippen LogP contribution in [0.15, 0.2) is 30.0 Å². The Bertz CT molecular complexity index is 2090. The molecule has 1 aliphatic carbocycles. The molecule has 2 bridgehead atoms. The summed E-state index contributed by atoms with van der Waals surface area (Å²) in [5, 5.41) is 12.2. The highest BCUT2D eigenvalue weighted by Gasteiger charge is 2.53. The third-order valence-corrected chi connectivity index (χ3v) is 12.0. The van der Waals surface area contributed by atoms with Crippen LogP contribution in [0.1, 0.15) is 36.6 Å². The van der Waals surface area contributed by atoms with Gasteiger partial charge in [-0.15, -0.1) is 0 Å².